The van der Waals surface area contributed by atoms with E-state index in [4.69, 9.17) is 4.42 Å². The summed E-state index contributed by atoms with van der Waals surface area (Å²) in [5.74, 6) is 2.26. The van der Waals surface area contributed by atoms with Crippen molar-refractivity contribution < 1.29 is 4.42 Å². The molecule has 0 saturated carbocycles. The van der Waals surface area contributed by atoms with E-state index in [0.29, 0.717) is 12.4 Å². The zero-order chi connectivity index (χ0) is 19.1. The highest BCUT2D eigenvalue weighted by atomic mass is 16.4. The molecule has 1 unspecified atom stereocenters. The number of benzene rings is 1. The van der Waals surface area contributed by atoms with E-state index >= 15 is 0 Å². The fourth-order valence-electron chi connectivity index (χ4n) is 2.76. The Bertz CT molecular complexity index is 699. The molecule has 0 amide bonds. The number of hydrogen-bond donors (Lipinski definition) is 2. The summed E-state index contributed by atoms with van der Waals surface area (Å²) >= 11 is 0. The third-order valence-electron chi connectivity index (χ3n) is 4.56. The normalized spacial score (nSPS) is 13.1. The smallest absolute Gasteiger partial charge is 0.214 e. The minimum atomic E-state index is 0.255. The lowest BCUT2D eigenvalue weighted by atomic mass is 10.0. The first-order valence-electron chi connectivity index (χ1n) is 9.07. The zero-order valence-corrected chi connectivity index (χ0v) is 16.8. The number of guanidine groups is 1. The number of rotatable bonds is 7. The first kappa shape index (κ1) is 20.0. The Morgan fingerprint density at radius 2 is 1.88 bits per heavy atom. The van der Waals surface area contributed by atoms with Crippen LogP contribution in [0.15, 0.2) is 33.7 Å². The van der Waals surface area contributed by atoms with Gasteiger partial charge in [-0.2, -0.15) is 0 Å². The molecule has 1 aromatic carbocycles. The number of aliphatic imine (C=N–C) groups is 1. The predicted octanol–water partition coefficient (Wildman–Crippen LogP) is 2.82. The largest absolute Gasteiger partial charge is 0.444 e. The van der Waals surface area contributed by atoms with E-state index in [9.17, 15) is 0 Å². The molecular weight excluding hydrogens is 326 g/mol. The second-order valence-electron chi connectivity index (χ2n) is 6.63. The predicted molar refractivity (Wildman–Crippen MR) is 106 cm³/mol. The van der Waals surface area contributed by atoms with Gasteiger partial charge >= 0.3 is 0 Å². The molecule has 0 aliphatic rings. The maximum absolute atomic E-state index is 5.60. The molecule has 6 nitrogen and oxygen atoms in total. The van der Waals surface area contributed by atoms with Gasteiger partial charge in [0.1, 0.15) is 5.76 Å². The molecule has 0 bridgehead atoms. The van der Waals surface area contributed by atoms with Crippen molar-refractivity contribution in [2.45, 2.75) is 39.8 Å². The summed E-state index contributed by atoms with van der Waals surface area (Å²) < 4.78 is 5.60. The minimum absolute atomic E-state index is 0.255. The van der Waals surface area contributed by atoms with Gasteiger partial charge in [0, 0.05) is 13.6 Å². The van der Waals surface area contributed by atoms with Crippen molar-refractivity contribution in [3.05, 3.63) is 52.7 Å². The Balaban J connectivity index is 1.95. The van der Waals surface area contributed by atoms with E-state index in [2.05, 4.69) is 70.8 Å². The first-order chi connectivity index (χ1) is 12.4. The SMILES string of the molecule is CCc1ccc(C(CNC(=NC)NCc2nc(C)c(C)o2)N(C)C)cc1. The lowest BCUT2D eigenvalue weighted by molar-refractivity contribution is 0.298. The van der Waals surface area contributed by atoms with Crippen molar-refractivity contribution in [2.75, 3.05) is 27.7 Å². The van der Waals surface area contributed by atoms with Crippen LogP contribution in [0.3, 0.4) is 0 Å². The van der Waals surface area contributed by atoms with Crippen molar-refractivity contribution in [1.29, 1.82) is 0 Å². The van der Waals surface area contributed by atoms with Crippen LogP contribution in [-0.4, -0.2) is 43.5 Å². The van der Waals surface area contributed by atoms with Gasteiger partial charge in [-0.3, -0.25) is 4.99 Å². The van der Waals surface area contributed by atoms with Gasteiger partial charge in [0.05, 0.1) is 18.3 Å². The van der Waals surface area contributed by atoms with Crippen LogP contribution < -0.4 is 10.6 Å². The molecule has 1 atom stereocenters. The molecule has 0 aliphatic heterocycles. The van der Waals surface area contributed by atoms with E-state index < -0.39 is 0 Å². The van der Waals surface area contributed by atoms with Gasteiger partial charge in [-0.15, -0.1) is 0 Å². The summed E-state index contributed by atoms with van der Waals surface area (Å²) in [6, 6.07) is 9.07. The van der Waals surface area contributed by atoms with Gasteiger partial charge in [0.15, 0.2) is 5.96 Å². The Morgan fingerprint density at radius 3 is 2.38 bits per heavy atom. The highest BCUT2D eigenvalue weighted by Crippen LogP contribution is 2.18. The number of nitrogens with one attached hydrogen (secondary N) is 2. The third-order valence-corrected chi connectivity index (χ3v) is 4.56. The van der Waals surface area contributed by atoms with Crippen LogP contribution in [0.5, 0.6) is 0 Å². The van der Waals surface area contributed by atoms with Gasteiger partial charge in [-0.1, -0.05) is 31.2 Å². The van der Waals surface area contributed by atoms with Gasteiger partial charge < -0.3 is 20.0 Å². The van der Waals surface area contributed by atoms with Crippen molar-refractivity contribution in [3.63, 3.8) is 0 Å². The van der Waals surface area contributed by atoms with Crippen molar-refractivity contribution in [3.8, 4) is 0 Å². The number of nitrogens with zero attached hydrogens (tertiary/aromatic N) is 3. The number of oxazole rings is 1. The van der Waals surface area contributed by atoms with E-state index in [0.717, 1.165) is 30.4 Å². The highest BCUT2D eigenvalue weighted by molar-refractivity contribution is 5.79. The molecule has 26 heavy (non-hydrogen) atoms. The lowest BCUT2D eigenvalue weighted by Crippen LogP contribution is -2.41. The maximum atomic E-state index is 5.60. The number of hydrogen-bond acceptors (Lipinski definition) is 4. The van der Waals surface area contributed by atoms with Gasteiger partial charge in [0.2, 0.25) is 5.89 Å². The number of aryl methyl sites for hydroxylation is 3. The maximum Gasteiger partial charge on any atom is 0.214 e. The molecule has 2 rings (SSSR count). The summed E-state index contributed by atoms with van der Waals surface area (Å²) in [6.45, 7) is 7.30. The van der Waals surface area contributed by atoms with E-state index in [-0.39, 0.29) is 6.04 Å². The monoisotopic (exact) mass is 357 g/mol. The summed E-state index contributed by atoms with van der Waals surface area (Å²) in [6.07, 6.45) is 1.06. The summed E-state index contributed by atoms with van der Waals surface area (Å²) in [7, 11) is 5.95. The minimum Gasteiger partial charge on any atom is -0.444 e. The summed E-state index contributed by atoms with van der Waals surface area (Å²) in [4.78, 5) is 10.9. The summed E-state index contributed by atoms with van der Waals surface area (Å²) in [5, 5.41) is 6.65. The Morgan fingerprint density at radius 1 is 1.19 bits per heavy atom. The van der Waals surface area contributed by atoms with Crippen LogP contribution in [0.1, 0.15) is 41.4 Å². The molecular formula is C20H31N5O. The number of likely N-dealkylation sites (N-methyl/N-ethyl adjacent to an activating group) is 1. The van der Waals surface area contributed by atoms with Crippen molar-refractivity contribution in [2.24, 2.45) is 4.99 Å². The van der Waals surface area contributed by atoms with Gasteiger partial charge in [-0.25, -0.2) is 4.98 Å². The van der Waals surface area contributed by atoms with Crippen molar-refractivity contribution >= 4 is 5.96 Å². The van der Waals surface area contributed by atoms with Crippen LogP contribution >= 0.6 is 0 Å². The highest BCUT2D eigenvalue weighted by Gasteiger charge is 2.15. The fourth-order valence-corrected chi connectivity index (χ4v) is 2.76. The van der Waals surface area contributed by atoms with Gasteiger partial charge in [0.25, 0.3) is 0 Å². The third kappa shape index (κ3) is 5.33. The second kappa shape index (κ2) is 9.38. The van der Waals surface area contributed by atoms with Crippen LogP contribution in [0, 0.1) is 13.8 Å². The van der Waals surface area contributed by atoms with E-state index in [1.54, 1.807) is 7.05 Å². The quantitative estimate of drug-likeness (QED) is 0.589. The topological polar surface area (TPSA) is 65.7 Å². The van der Waals surface area contributed by atoms with Crippen molar-refractivity contribution in [1.82, 2.24) is 20.5 Å². The van der Waals surface area contributed by atoms with E-state index in [1.807, 2.05) is 13.8 Å². The Labute approximate surface area is 156 Å². The molecule has 0 fully saturated rings. The van der Waals surface area contributed by atoms with Crippen LogP contribution in [-0.2, 0) is 13.0 Å². The lowest BCUT2D eigenvalue weighted by Gasteiger charge is -2.26. The molecule has 142 valence electrons. The number of aromatic nitrogens is 1. The molecule has 1 aromatic heterocycles. The molecule has 1 heterocycles. The molecule has 2 aromatic rings. The Hall–Kier alpha value is -2.34. The molecule has 0 radical (unpaired) electrons. The van der Waals surface area contributed by atoms with Crippen LogP contribution in [0.4, 0.5) is 0 Å². The van der Waals surface area contributed by atoms with Gasteiger partial charge in [-0.05, 0) is 45.5 Å². The molecule has 2 N–H and O–H groups in total. The van der Waals surface area contributed by atoms with E-state index in [1.165, 1.54) is 11.1 Å². The fraction of sp³-hybridized carbons (Fsp3) is 0.500. The average molecular weight is 358 g/mol. The molecule has 0 aliphatic carbocycles. The molecule has 0 saturated heterocycles. The second-order valence-corrected chi connectivity index (χ2v) is 6.63. The first-order valence-corrected chi connectivity index (χ1v) is 9.07. The summed E-state index contributed by atoms with van der Waals surface area (Å²) in [5.41, 5.74) is 3.57. The zero-order valence-electron chi connectivity index (χ0n) is 16.8. The standard InChI is InChI=1S/C20H31N5O/c1-7-16-8-10-17(11-9-16)18(25(5)6)12-22-20(21-4)23-13-19-24-14(2)15(3)26-19/h8-11,18H,7,12-13H2,1-6H3,(H2,21,22,23). The van der Waals surface area contributed by atoms with Crippen LogP contribution in [0.2, 0.25) is 0 Å². The average Bonchev–Trinajstić information content (AvgIpc) is 2.96. The van der Waals surface area contributed by atoms with Crippen LogP contribution in [0.25, 0.3) is 0 Å². The molecule has 6 heteroatoms. The Kier molecular flexibility index (Phi) is 7.21. The molecule has 0 spiro atoms.